The fourth-order valence-electron chi connectivity index (χ4n) is 0.950. The molecule has 1 aromatic rings. The fraction of sp³-hybridized carbons (Fsp3) is 0.200. The molecular formula is C10H13NS. The standard InChI is InChI=1S/C10H13NS/c1-8(2)12-10-7-5-4-6-9(10)11-3/h4-7,11H,1H2,2-3H3. The monoisotopic (exact) mass is 179 g/mol. The molecule has 12 heavy (non-hydrogen) atoms. The van der Waals surface area contributed by atoms with Gasteiger partial charge in [-0.15, -0.1) is 0 Å². The van der Waals surface area contributed by atoms with E-state index in [-0.39, 0.29) is 0 Å². The molecule has 1 rings (SSSR count). The predicted octanol–water partition coefficient (Wildman–Crippen LogP) is 3.35. The maximum absolute atomic E-state index is 3.86. The average molecular weight is 179 g/mol. The highest BCUT2D eigenvalue weighted by Gasteiger charge is 1.98. The first-order valence-corrected chi connectivity index (χ1v) is 4.66. The van der Waals surface area contributed by atoms with Crippen molar-refractivity contribution in [3.8, 4) is 0 Å². The molecule has 64 valence electrons. The van der Waals surface area contributed by atoms with Gasteiger partial charge in [0.15, 0.2) is 0 Å². The van der Waals surface area contributed by atoms with Crippen LogP contribution in [0.3, 0.4) is 0 Å². The van der Waals surface area contributed by atoms with Gasteiger partial charge >= 0.3 is 0 Å². The SMILES string of the molecule is C=C(C)Sc1ccccc1NC. The Labute approximate surface area is 77.9 Å². The van der Waals surface area contributed by atoms with Crippen LogP contribution >= 0.6 is 11.8 Å². The molecule has 0 atom stereocenters. The van der Waals surface area contributed by atoms with Gasteiger partial charge in [0, 0.05) is 17.6 Å². The van der Waals surface area contributed by atoms with Crippen molar-refractivity contribution in [3.63, 3.8) is 0 Å². The van der Waals surface area contributed by atoms with Gasteiger partial charge in [-0.25, -0.2) is 0 Å². The molecule has 2 heteroatoms. The van der Waals surface area contributed by atoms with E-state index in [9.17, 15) is 0 Å². The summed E-state index contributed by atoms with van der Waals surface area (Å²) < 4.78 is 0. The van der Waals surface area contributed by atoms with Gasteiger partial charge in [-0.3, -0.25) is 0 Å². The van der Waals surface area contributed by atoms with E-state index in [1.165, 1.54) is 4.90 Å². The van der Waals surface area contributed by atoms with E-state index < -0.39 is 0 Å². The molecule has 0 saturated heterocycles. The number of para-hydroxylation sites is 1. The zero-order valence-corrected chi connectivity index (χ0v) is 8.24. The Morgan fingerprint density at radius 1 is 1.42 bits per heavy atom. The Morgan fingerprint density at radius 2 is 2.08 bits per heavy atom. The van der Waals surface area contributed by atoms with Crippen LogP contribution in [0.25, 0.3) is 0 Å². The number of benzene rings is 1. The minimum Gasteiger partial charge on any atom is -0.387 e. The summed E-state index contributed by atoms with van der Waals surface area (Å²) in [4.78, 5) is 2.34. The summed E-state index contributed by atoms with van der Waals surface area (Å²) in [5.41, 5.74) is 1.16. The Bertz CT molecular complexity index is 281. The summed E-state index contributed by atoms with van der Waals surface area (Å²) >= 11 is 1.69. The van der Waals surface area contributed by atoms with Crippen molar-refractivity contribution in [2.75, 3.05) is 12.4 Å². The van der Waals surface area contributed by atoms with E-state index in [2.05, 4.69) is 24.0 Å². The fourth-order valence-corrected chi connectivity index (χ4v) is 1.75. The van der Waals surface area contributed by atoms with Crippen LogP contribution in [0.4, 0.5) is 5.69 Å². The Kier molecular flexibility index (Phi) is 3.23. The molecule has 0 unspecified atom stereocenters. The van der Waals surface area contributed by atoms with E-state index in [0.29, 0.717) is 0 Å². The van der Waals surface area contributed by atoms with Crippen LogP contribution in [0, 0.1) is 0 Å². The Hall–Kier alpha value is -0.890. The molecule has 0 fully saturated rings. The summed E-state index contributed by atoms with van der Waals surface area (Å²) in [5.74, 6) is 0. The van der Waals surface area contributed by atoms with Crippen molar-refractivity contribution < 1.29 is 0 Å². The second kappa shape index (κ2) is 4.21. The van der Waals surface area contributed by atoms with Gasteiger partial charge in [-0.1, -0.05) is 30.5 Å². The molecule has 0 spiro atoms. The molecule has 0 saturated carbocycles. The second-order valence-electron chi connectivity index (χ2n) is 2.55. The summed E-state index contributed by atoms with van der Waals surface area (Å²) in [7, 11) is 1.93. The average Bonchev–Trinajstić information content (AvgIpc) is 2.04. The van der Waals surface area contributed by atoms with E-state index in [0.717, 1.165) is 10.6 Å². The van der Waals surface area contributed by atoms with Crippen molar-refractivity contribution in [3.05, 3.63) is 35.7 Å². The Balaban J connectivity index is 2.89. The van der Waals surface area contributed by atoms with Crippen molar-refractivity contribution in [1.29, 1.82) is 0 Å². The molecule has 1 nitrogen and oxygen atoms in total. The molecular weight excluding hydrogens is 166 g/mol. The molecule has 0 aliphatic heterocycles. The van der Waals surface area contributed by atoms with Crippen molar-refractivity contribution in [2.45, 2.75) is 11.8 Å². The molecule has 0 aliphatic carbocycles. The number of rotatable bonds is 3. The highest BCUT2D eigenvalue weighted by atomic mass is 32.2. The first-order valence-electron chi connectivity index (χ1n) is 3.84. The summed E-state index contributed by atoms with van der Waals surface area (Å²) in [5, 5.41) is 3.14. The van der Waals surface area contributed by atoms with E-state index >= 15 is 0 Å². The summed E-state index contributed by atoms with van der Waals surface area (Å²) in [6.45, 7) is 5.87. The van der Waals surface area contributed by atoms with Crippen LogP contribution in [0.1, 0.15) is 6.92 Å². The molecule has 1 N–H and O–H groups in total. The lowest BCUT2D eigenvalue weighted by molar-refractivity contribution is 1.38. The lowest BCUT2D eigenvalue weighted by Gasteiger charge is -2.06. The lowest BCUT2D eigenvalue weighted by Crippen LogP contribution is -1.89. The molecule has 0 aromatic heterocycles. The van der Waals surface area contributed by atoms with Gasteiger partial charge in [0.1, 0.15) is 0 Å². The number of allylic oxidation sites excluding steroid dienone is 1. The second-order valence-corrected chi connectivity index (χ2v) is 3.89. The Morgan fingerprint density at radius 3 is 2.67 bits per heavy atom. The highest BCUT2D eigenvalue weighted by molar-refractivity contribution is 8.03. The van der Waals surface area contributed by atoms with E-state index in [1.54, 1.807) is 11.8 Å². The van der Waals surface area contributed by atoms with Gasteiger partial charge in [-0.2, -0.15) is 0 Å². The van der Waals surface area contributed by atoms with Gasteiger partial charge in [0.05, 0.1) is 0 Å². The van der Waals surface area contributed by atoms with Gasteiger partial charge in [0.2, 0.25) is 0 Å². The van der Waals surface area contributed by atoms with Gasteiger partial charge in [0.25, 0.3) is 0 Å². The van der Waals surface area contributed by atoms with Crippen LogP contribution in [-0.4, -0.2) is 7.05 Å². The maximum atomic E-state index is 3.86. The maximum Gasteiger partial charge on any atom is 0.0479 e. The minimum absolute atomic E-state index is 1.11. The number of anilines is 1. The van der Waals surface area contributed by atoms with E-state index in [1.807, 2.05) is 26.1 Å². The minimum atomic E-state index is 1.11. The third-order valence-corrected chi connectivity index (χ3v) is 2.36. The van der Waals surface area contributed by atoms with Gasteiger partial charge < -0.3 is 5.32 Å². The zero-order chi connectivity index (χ0) is 8.97. The van der Waals surface area contributed by atoms with Crippen molar-refractivity contribution in [1.82, 2.24) is 0 Å². The predicted molar refractivity (Wildman–Crippen MR) is 56.7 cm³/mol. The van der Waals surface area contributed by atoms with Crippen LogP contribution in [0.5, 0.6) is 0 Å². The lowest BCUT2D eigenvalue weighted by atomic mass is 10.3. The zero-order valence-electron chi connectivity index (χ0n) is 7.42. The topological polar surface area (TPSA) is 12.0 Å². The third-order valence-electron chi connectivity index (χ3n) is 1.44. The number of hydrogen-bond acceptors (Lipinski definition) is 2. The summed E-state index contributed by atoms with van der Waals surface area (Å²) in [6, 6.07) is 8.21. The largest absolute Gasteiger partial charge is 0.387 e. The van der Waals surface area contributed by atoms with E-state index in [4.69, 9.17) is 0 Å². The van der Waals surface area contributed by atoms with Gasteiger partial charge in [-0.05, 0) is 24.0 Å². The molecule has 0 aliphatic rings. The molecule has 0 radical (unpaired) electrons. The van der Waals surface area contributed by atoms with Crippen LogP contribution in [0.15, 0.2) is 40.6 Å². The first kappa shape index (κ1) is 9.20. The third kappa shape index (κ3) is 2.31. The molecule has 1 aromatic carbocycles. The highest BCUT2D eigenvalue weighted by Crippen LogP contribution is 2.30. The molecule has 0 amide bonds. The molecule has 0 heterocycles. The number of thioether (sulfide) groups is 1. The molecule has 0 bridgehead atoms. The van der Waals surface area contributed by atoms with Crippen LogP contribution in [-0.2, 0) is 0 Å². The number of nitrogens with one attached hydrogen (secondary N) is 1. The van der Waals surface area contributed by atoms with Crippen molar-refractivity contribution in [2.24, 2.45) is 0 Å². The number of hydrogen-bond donors (Lipinski definition) is 1. The first-order chi connectivity index (χ1) is 5.74. The quantitative estimate of drug-likeness (QED) is 0.714. The summed E-state index contributed by atoms with van der Waals surface area (Å²) in [6.07, 6.45) is 0. The van der Waals surface area contributed by atoms with Crippen LogP contribution in [0.2, 0.25) is 0 Å². The smallest absolute Gasteiger partial charge is 0.0479 e. The van der Waals surface area contributed by atoms with Crippen LogP contribution < -0.4 is 5.32 Å². The van der Waals surface area contributed by atoms with Crippen molar-refractivity contribution >= 4 is 17.4 Å². The normalized spacial score (nSPS) is 9.50.